The molecule has 15 heteroatoms. The van der Waals surface area contributed by atoms with Crippen molar-refractivity contribution >= 4 is 82.5 Å². The standard InChI is InChI=1S/C20H15N3O3S2.C17H20N2O3S2/c24-20(22-17-10-4-9-16-15(17)8-5-12-21-16)19-18(11-13-27-19)23-28(25,26)14-6-2-1-3-7-14;20-17(18-13-7-3-1-4-8-13)16-15(11-12-23-16)19-24(21,22)14-9-5-2-6-10-14/h1-13,23H,(H,22,24);2,5-6,9-13,19H,1,3-4,7-8H2,(H,18,20). The van der Waals surface area contributed by atoms with Gasteiger partial charge in [-0.3, -0.25) is 24.0 Å². The van der Waals surface area contributed by atoms with Gasteiger partial charge in [0, 0.05) is 17.6 Å². The van der Waals surface area contributed by atoms with Crippen LogP contribution in [0.3, 0.4) is 0 Å². The number of benzene rings is 3. The zero-order valence-electron chi connectivity index (χ0n) is 27.7. The van der Waals surface area contributed by atoms with Gasteiger partial charge in [0.05, 0.1) is 32.4 Å². The predicted octanol–water partition coefficient (Wildman–Crippen LogP) is 7.96. The van der Waals surface area contributed by atoms with Crippen LogP contribution in [0.15, 0.2) is 130 Å². The molecule has 0 saturated heterocycles. The Hall–Kier alpha value is -5.09. The van der Waals surface area contributed by atoms with Crippen LogP contribution in [0.25, 0.3) is 10.9 Å². The minimum atomic E-state index is -3.78. The summed E-state index contributed by atoms with van der Waals surface area (Å²) in [6.07, 6.45) is 7.13. The maximum absolute atomic E-state index is 12.8. The Kier molecular flexibility index (Phi) is 11.6. The highest BCUT2D eigenvalue weighted by molar-refractivity contribution is 7.93. The first-order chi connectivity index (χ1) is 25.1. The van der Waals surface area contributed by atoms with Gasteiger partial charge in [-0.05, 0) is 84.3 Å². The molecule has 0 unspecified atom stereocenters. The quantitative estimate of drug-likeness (QED) is 0.110. The van der Waals surface area contributed by atoms with Gasteiger partial charge < -0.3 is 10.6 Å². The van der Waals surface area contributed by atoms with Gasteiger partial charge in [-0.1, -0.05) is 61.7 Å². The van der Waals surface area contributed by atoms with Gasteiger partial charge in [-0.25, -0.2) is 16.8 Å². The molecule has 3 aromatic carbocycles. The maximum atomic E-state index is 12.8. The summed E-state index contributed by atoms with van der Waals surface area (Å²) in [5, 5.41) is 10.1. The van der Waals surface area contributed by atoms with Crippen LogP contribution in [0.4, 0.5) is 17.1 Å². The molecule has 7 rings (SSSR count). The first-order valence-electron chi connectivity index (χ1n) is 16.4. The third kappa shape index (κ3) is 9.03. The molecule has 1 aliphatic carbocycles. The molecular formula is C37H35N5O6S4. The second-order valence-corrected chi connectivity index (χ2v) is 17.0. The Morgan fingerprint density at radius 1 is 0.596 bits per heavy atom. The second kappa shape index (κ2) is 16.5. The molecule has 2 amide bonds. The van der Waals surface area contributed by atoms with Crippen LogP contribution < -0.4 is 20.1 Å². The molecule has 6 aromatic rings. The molecule has 0 atom stereocenters. The van der Waals surface area contributed by atoms with Crippen molar-refractivity contribution in [3.05, 3.63) is 130 Å². The summed E-state index contributed by atoms with van der Waals surface area (Å²) in [4.78, 5) is 30.5. The van der Waals surface area contributed by atoms with E-state index in [1.165, 1.54) is 42.0 Å². The lowest BCUT2D eigenvalue weighted by molar-refractivity contribution is 0.0932. The molecule has 0 radical (unpaired) electrons. The van der Waals surface area contributed by atoms with Crippen LogP contribution in [0.2, 0.25) is 0 Å². The highest BCUT2D eigenvalue weighted by atomic mass is 32.2. The Labute approximate surface area is 310 Å². The summed E-state index contributed by atoms with van der Waals surface area (Å²) in [5.41, 5.74) is 1.94. The van der Waals surface area contributed by atoms with Crippen LogP contribution in [-0.4, -0.2) is 39.7 Å². The third-order valence-corrected chi connectivity index (χ3v) is 12.8. The maximum Gasteiger partial charge on any atom is 0.267 e. The molecule has 11 nitrogen and oxygen atoms in total. The molecule has 0 bridgehead atoms. The number of rotatable bonds is 10. The molecule has 0 spiro atoms. The fourth-order valence-electron chi connectivity index (χ4n) is 5.63. The molecular weight excluding hydrogens is 739 g/mol. The normalized spacial score (nSPS) is 13.4. The molecule has 1 fully saturated rings. The third-order valence-electron chi connectivity index (χ3n) is 8.17. The Morgan fingerprint density at radius 2 is 1.15 bits per heavy atom. The average Bonchev–Trinajstić information content (AvgIpc) is 3.82. The monoisotopic (exact) mass is 773 g/mol. The number of aromatic nitrogens is 1. The van der Waals surface area contributed by atoms with Crippen molar-refractivity contribution in [2.45, 2.75) is 47.9 Å². The van der Waals surface area contributed by atoms with E-state index in [1.807, 2.05) is 12.1 Å². The van der Waals surface area contributed by atoms with Gasteiger partial charge in [-0.2, -0.15) is 0 Å². The van der Waals surface area contributed by atoms with Gasteiger partial charge in [0.2, 0.25) is 0 Å². The Morgan fingerprint density at radius 3 is 1.73 bits per heavy atom. The van der Waals surface area contributed by atoms with E-state index in [2.05, 4.69) is 25.1 Å². The van der Waals surface area contributed by atoms with Crippen LogP contribution in [0, 0.1) is 0 Å². The lowest BCUT2D eigenvalue weighted by atomic mass is 9.95. The number of anilines is 3. The van der Waals surface area contributed by atoms with Gasteiger partial charge in [0.25, 0.3) is 31.9 Å². The number of amides is 2. The van der Waals surface area contributed by atoms with Crippen molar-refractivity contribution in [1.29, 1.82) is 0 Å². The number of sulfonamides is 2. The van der Waals surface area contributed by atoms with E-state index in [0.29, 0.717) is 16.3 Å². The predicted molar refractivity (Wildman–Crippen MR) is 207 cm³/mol. The highest BCUT2D eigenvalue weighted by Crippen LogP contribution is 2.29. The first kappa shape index (κ1) is 36.7. The van der Waals surface area contributed by atoms with Gasteiger partial charge in [0.1, 0.15) is 9.75 Å². The average molecular weight is 774 g/mol. The van der Waals surface area contributed by atoms with E-state index in [9.17, 15) is 26.4 Å². The topological polar surface area (TPSA) is 163 Å². The first-order valence-corrected chi connectivity index (χ1v) is 21.1. The number of hydrogen-bond acceptors (Lipinski definition) is 9. The number of nitrogens with zero attached hydrogens (tertiary/aromatic N) is 1. The zero-order chi connectivity index (χ0) is 36.6. The van der Waals surface area contributed by atoms with Crippen molar-refractivity contribution in [2.75, 3.05) is 14.8 Å². The molecule has 1 saturated carbocycles. The van der Waals surface area contributed by atoms with Gasteiger partial charge in [0.15, 0.2) is 0 Å². The largest absolute Gasteiger partial charge is 0.349 e. The summed E-state index contributed by atoms with van der Waals surface area (Å²) in [6.45, 7) is 0. The fourth-order valence-corrected chi connectivity index (χ4v) is 9.44. The minimum Gasteiger partial charge on any atom is -0.349 e. The molecule has 268 valence electrons. The fraction of sp³-hybridized carbons (Fsp3) is 0.162. The van der Waals surface area contributed by atoms with Gasteiger partial charge in [-0.15, -0.1) is 22.7 Å². The van der Waals surface area contributed by atoms with E-state index < -0.39 is 26.0 Å². The summed E-state index contributed by atoms with van der Waals surface area (Å²) >= 11 is 2.41. The van der Waals surface area contributed by atoms with E-state index in [1.54, 1.807) is 83.7 Å². The molecule has 52 heavy (non-hydrogen) atoms. The number of nitrogens with one attached hydrogen (secondary N) is 4. The summed E-state index contributed by atoms with van der Waals surface area (Å²) in [5.74, 6) is -0.597. The summed E-state index contributed by atoms with van der Waals surface area (Å²) in [7, 11) is -7.48. The number of hydrogen-bond donors (Lipinski definition) is 4. The van der Waals surface area contributed by atoms with Crippen molar-refractivity contribution in [3.8, 4) is 0 Å². The van der Waals surface area contributed by atoms with Crippen LogP contribution >= 0.6 is 22.7 Å². The SMILES string of the molecule is O=C(NC1CCCCC1)c1sccc1NS(=O)(=O)c1ccccc1.O=C(Nc1cccc2ncccc12)c1sccc1NS(=O)(=O)c1ccccc1. The molecule has 3 heterocycles. The zero-order valence-corrected chi connectivity index (χ0v) is 31.0. The number of carbonyl (C=O) groups is 2. The summed E-state index contributed by atoms with van der Waals surface area (Å²) < 4.78 is 55.0. The molecule has 3 aromatic heterocycles. The van der Waals surface area contributed by atoms with Crippen LogP contribution in [0.5, 0.6) is 0 Å². The van der Waals surface area contributed by atoms with E-state index in [4.69, 9.17) is 0 Å². The minimum absolute atomic E-state index is 0.132. The Balaban J connectivity index is 0.000000181. The van der Waals surface area contributed by atoms with E-state index >= 15 is 0 Å². The summed E-state index contributed by atoms with van der Waals surface area (Å²) in [6, 6.07) is 28.6. The highest BCUT2D eigenvalue weighted by Gasteiger charge is 2.23. The smallest absolute Gasteiger partial charge is 0.267 e. The Bertz CT molecular complexity index is 2370. The second-order valence-electron chi connectivity index (χ2n) is 11.8. The lowest BCUT2D eigenvalue weighted by Gasteiger charge is -2.22. The van der Waals surface area contributed by atoms with Gasteiger partial charge >= 0.3 is 0 Å². The number of carbonyl (C=O) groups excluding carboxylic acids is 2. The number of thiophene rings is 2. The van der Waals surface area contributed by atoms with Crippen molar-refractivity contribution < 1.29 is 26.4 Å². The lowest BCUT2D eigenvalue weighted by Crippen LogP contribution is -2.36. The van der Waals surface area contributed by atoms with Crippen molar-refractivity contribution in [1.82, 2.24) is 10.3 Å². The van der Waals surface area contributed by atoms with E-state index in [-0.39, 0.29) is 32.3 Å². The van der Waals surface area contributed by atoms with Crippen LogP contribution in [-0.2, 0) is 20.0 Å². The number of fused-ring (bicyclic) bond motifs is 1. The number of pyridine rings is 1. The van der Waals surface area contributed by atoms with E-state index in [0.717, 1.165) is 47.9 Å². The molecule has 1 aliphatic rings. The molecule has 4 N–H and O–H groups in total. The van der Waals surface area contributed by atoms with Crippen molar-refractivity contribution in [3.63, 3.8) is 0 Å². The van der Waals surface area contributed by atoms with Crippen LogP contribution in [0.1, 0.15) is 51.4 Å². The van der Waals surface area contributed by atoms with Crippen molar-refractivity contribution in [2.24, 2.45) is 0 Å². The molecule has 0 aliphatic heterocycles.